The van der Waals surface area contributed by atoms with Crippen molar-refractivity contribution >= 4 is 12.0 Å². The number of aromatic nitrogens is 1. The molecule has 1 aliphatic rings. The Morgan fingerprint density at radius 1 is 1.56 bits per heavy atom. The maximum absolute atomic E-state index is 11.4. The molecule has 1 aromatic heterocycles. The van der Waals surface area contributed by atoms with E-state index in [0.29, 0.717) is 12.6 Å². The van der Waals surface area contributed by atoms with Crippen LogP contribution in [0.15, 0.2) is 10.7 Å². The van der Waals surface area contributed by atoms with Crippen LogP contribution in [0.3, 0.4) is 0 Å². The van der Waals surface area contributed by atoms with Gasteiger partial charge in [0, 0.05) is 13.1 Å². The number of hydrogen-bond donors (Lipinski definition) is 1. The van der Waals surface area contributed by atoms with E-state index in [4.69, 9.17) is 9.15 Å². The van der Waals surface area contributed by atoms with Crippen LogP contribution >= 0.6 is 0 Å². The molecule has 0 aromatic carbocycles. The van der Waals surface area contributed by atoms with Gasteiger partial charge in [0.05, 0.1) is 6.61 Å². The van der Waals surface area contributed by atoms with Crippen LogP contribution in [0, 0.1) is 0 Å². The normalized spacial score (nSPS) is 15.8. The van der Waals surface area contributed by atoms with Crippen LogP contribution < -0.4 is 5.32 Å². The summed E-state index contributed by atoms with van der Waals surface area (Å²) in [5, 5.41) is 3.06. The van der Waals surface area contributed by atoms with Gasteiger partial charge in [0.25, 0.3) is 6.01 Å². The summed E-state index contributed by atoms with van der Waals surface area (Å²) in [5.41, 5.74) is 0.209. The molecule has 0 amide bonds. The van der Waals surface area contributed by atoms with E-state index >= 15 is 0 Å². The number of ether oxygens (including phenoxy) is 1. The summed E-state index contributed by atoms with van der Waals surface area (Å²) in [6, 6.07) is 0.372. The molecule has 2 heterocycles. The number of hydrogen-bond acceptors (Lipinski definition) is 6. The van der Waals surface area contributed by atoms with E-state index < -0.39 is 5.97 Å². The zero-order valence-electron chi connectivity index (χ0n) is 10.6. The highest BCUT2D eigenvalue weighted by molar-refractivity contribution is 5.87. The van der Waals surface area contributed by atoms with Gasteiger partial charge in [-0.1, -0.05) is 0 Å². The Morgan fingerprint density at radius 3 is 3.06 bits per heavy atom. The summed E-state index contributed by atoms with van der Waals surface area (Å²) in [5.74, 6) is -0.450. The number of anilines is 1. The fourth-order valence-corrected chi connectivity index (χ4v) is 1.98. The minimum atomic E-state index is -0.450. The van der Waals surface area contributed by atoms with Gasteiger partial charge in [-0.25, -0.2) is 4.79 Å². The first kappa shape index (κ1) is 12.9. The molecule has 6 nitrogen and oxygen atoms in total. The van der Waals surface area contributed by atoms with E-state index in [-0.39, 0.29) is 5.69 Å². The number of rotatable bonds is 6. The van der Waals surface area contributed by atoms with Crippen molar-refractivity contribution in [1.82, 2.24) is 9.88 Å². The monoisotopic (exact) mass is 253 g/mol. The van der Waals surface area contributed by atoms with Gasteiger partial charge in [-0.15, -0.1) is 0 Å². The molecule has 1 aromatic rings. The van der Waals surface area contributed by atoms with Crippen molar-refractivity contribution in [2.24, 2.45) is 0 Å². The zero-order valence-corrected chi connectivity index (χ0v) is 10.6. The van der Waals surface area contributed by atoms with Crippen LogP contribution in [0.5, 0.6) is 0 Å². The first-order valence-corrected chi connectivity index (χ1v) is 6.38. The van der Waals surface area contributed by atoms with Crippen LogP contribution in [0.25, 0.3) is 0 Å². The molecule has 18 heavy (non-hydrogen) atoms. The average molecular weight is 253 g/mol. The predicted molar refractivity (Wildman–Crippen MR) is 66.6 cm³/mol. The summed E-state index contributed by atoms with van der Waals surface area (Å²) >= 11 is 0. The van der Waals surface area contributed by atoms with Gasteiger partial charge in [-0.05, 0) is 32.9 Å². The lowest BCUT2D eigenvalue weighted by Crippen LogP contribution is -2.26. The highest BCUT2D eigenvalue weighted by atomic mass is 16.5. The highest BCUT2D eigenvalue weighted by Gasteiger charge is 2.14. The lowest BCUT2D eigenvalue weighted by molar-refractivity contribution is 0.0519. The van der Waals surface area contributed by atoms with Gasteiger partial charge in [-0.2, -0.15) is 4.98 Å². The van der Waals surface area contributed by atoms with Crippen molar-refractivity contribution in [3.8, 4) is 0 Å². The van der Waals surface area contributed by atoms with Gasteiger partial charge in [0.15, 0.2) is 5.69 Å². The Bertz CT molecular complexity index is 386. The molecule has 1 fully saturated rings. The Balaban J connectivity index is 1.74. The summed E-state index contributed by atoms with van der Waals surface area (Å²) < 4.78 is 9.98. The molecule has 0 aliphatic carbocycles. The second-order valence-electron chi connectivity index (χ2n) is 4.23. The molecule has 6 heteroatoms. The summed E-state index contributed by atoms with van der Waals surface area (Å²) in [6.07, 6.45) is 3.88. The topological polar surface area (TPSA) is 67.6 Å². The molecule has 0 spiro atoms. The molecule has 100 valence electrons. The average Bonchev–Trinajstić information content (AvgIpc) is 3.00. The van der Waals surface area contributed by atoms with Gasteiger partial charge in [0.2, 0.25) is 0 Å². The SMILES string of the molecule is CCOC(=O)c1coc(NCCN2CCCC2)n1. The molecular weight excluding hydrogens is 234 g/mol. The Labute approximate surface area is 106 Å². The number of carbonyl (C=O) groups excluding carboxylic acids is 1. The summed E-state index contributed by atoms with van der Waals surface area (Å²) in [4.78, 5) is 17.8. The first-order chi connectivity index (χ1) is 8.79. The van der Waals surface area contributed by atoms with Gasteiger partial charge in [-0.3, -0.25) is 0 Å². The maximum atomic E-state index is 11.4. The van der Waals surface area contributed by atoms with E-state index in [1.807, 2.05) is 0 Å². The Morgan fingerprint density at radius 2 is 2.33 bits per heavy atom. The summed E-state index contributed by atoms with van der Waals surface area (Å²) in [6.45, 7) is 6.17. The molecule has 0 saturated carbocycles. The fourth-order valence-electron chi connectivity index (χ4n) is 1.98. The molecule has 2 rings (SSSR count). The van der Waals surface area contributed by atoms with Crippen LogP contribution in [-0.2, 0) is 4.74 Å². The second kappa shape index (κ2) is 6.39. The van der Waals surface area contributed by atoms with Crippen molar-refractivity contribution in [2.75, 3.05) is 38.1 Å². The molecule has 0 atom stereocenters. The summed E-state index contributed by atoms with van der Waals surface area (Å²) in [7, 11) is 0. The van der Waals surface area contributed by atoms with Crippen LogP contribution in [0.2, 0.25) is 0 Å². The van der Waals surface area contributed by atoms with Crippen LogP contribution in [-0.4, -0.2) is 48.6 Å². The quantitative estimate of drug-likeness (QED) is 0.772. The first-order valence-electron chi connectivity index (χ1n) is 6.38. The fraction of sp³-hybridized carbons (Fsp3) is 0.667. The van der Waals surface area contributed by atoms with E-state index in [2.05, 4.69) is 15.2 Å². The number of nitrogens with one attached hydrogen (secondary N) is 1. The lowest BCUT2D eigenvalue weighted by atomic mass is 10.4. The minimum absolute atomic E-state index is 0.209. The molecule has 0 bridgehead atoms. The Hall–Kier alpha value is -1.56. The zero-order chi connectivity index (χ0) is 12.8. The van der Waals surface area contributed by atoms with Crippen LogP contribution in [0.1, 0.15) is 30.3 Å². The Kier molecular flexibility index (Phi) is 4.58. The van der Waals surface area contributed by atoms with Crippen molar-refractivity contribution in [3.05, 3.63) is 12.0 Å². The number of oxazole rings is 1. The predicted octanol–water partition coefficient (Wildman–Crippen LogP) is 1.36. The van der Waals surface area contributed by atoms with Gasteiger partial charge < -0.3 is 19.4 Å². The van der Waals surface area contributed by atoms with Gasteiger partial charge in [0.1, 0.15) is 6.26 Å². The molecule has 0 unspecified atom stereocenters. The van der Waals surface area contributed by atoms with E-state index in [9.17, 15) is 4.79 Å². The van der Waals surface area contributed by atoms with Gasteiger partial charge >= 0.3 is 5.97 Å². The molecule has 0 radical (unpaired) electrons. The minimum Gasteiger partial charge on any atom is -0.461 e. The molecule has 1 N–H and O–H groups in total. The largest absolute Gasteiger partial charge is 0.461 e. The number of esters is 1. The third-order valence-electron chi connectivity index (χ3n) is 2.89. The smallest absolute Gasteiger partial charge is 0.360 e. The second-order valence-corrected chi connectivity index (χ2v) is 4.23. The maximum Gasteiger partial charge on any atom is 0.360 e. The van der Waals surface area contributed by atoms with E-state index in [0.717, 1.165) is 13.1 Å². The van der Waals surface area contributed by atoms with Crippen molar-refractivity contribution < 1.29 is 13.9 Å². The number of likely N-dealkylation sites (tertiary alicyclic amines) is 1. The molecule has 1 aliphatic heterocycles. The molecule has 1 saturated heterocycles. The van der Waals surface area contributed by atoms with E-state index in [1.165, 1.54) is 32.2 Å². The van der Waals surface area contributed by atoms with Crippen molar-refractivity contribution in [3.63, 3.8) is 0 Å². The third-order valence-corrected chi connectivity index (χ3v) is 2.89. The van der Waals surface area contributed by atoms with Crippen molar-refractivity contribution in [2.45, 2.75) is 19.8 Å². The highest BCUT2D eigenvalue weighted by Crippen LogP contribution is 2.09. The third kappa shape index (κ3) is 3.46. The van der Waals surface area contributed by atoms with Crippen LogP contribution in [0.4, 0.5) is 6.01 Å². The number of carbonyl (C=O) groups is 1. The van der Waals surface area contributed by atoms with E-state index in [1.54, 1.807) is 6.92 Å². The lowest BCUT2D eigenvalue weighted by Gasteiger charge is -2.13. The standard InChI is InChI=1S/C12H19N3O3/c1-2-17-11(16)10-9-18-12(14-10)13-5-8-15-6-3-4-7-15/h9H,2-8H2,1H3,(H,13,14). The van der Waals surface area contributed by atoms with Crippen molar-refractivity contribution in [1.29, 1.82) is 0 Å². The molecular formula is C12H19N3O3. The number of nitrogens with zero attached hydrogens (tertiary/aromatic N) is 2.